The molecule has 0 unspecified atom stereocenters. The van der Waals surface area contributed by atoms with E-state index in [9.17, 15) is 4.79 Å². The molecule has 1 rings (SSSR count). The van der Waals surface area contributed by atoms with Gasteiger partial charge in [-0.1, -0.05) is 0 Å². The molecular formula is C6H11N3O2. The Bertz CT molecular complexity index is 265. The lowest BCUT2D eigenvalue weighted by molar-refractivity contribution is 0.392. The number of nitrogens with zero attached hydrogens (tertiary/aromatic N) is 1. The first-order valence-electron chi connectivity index (χ1n) is 3.34. The van der Waals surface area contributed by atoms with Gasteiger partial charge in [0.1, 0.15) is 5.82 Å². The van der Waals surface area contributed by atoms with Crippen LogP contribution in [0.25, 0.3) is 0 Å². The number of rotatable bonds is 3. The lowest BCUT2D eigenvalue weighted by Crippen LogP contribution is -2.25. The molecule has 0 fully saturated rings. The van der Waals surface area contributed by atoms with Crippen LogP contribution >= 0.6 is 0 Å². The lowest BCUT2D eigenvalue weighted by Gasteiger charge is -2.13. The van der Waals surface area contributed by atoms with Crippen LogP contribution in [0.5, 0.6) is 0 Å². The summed E-state index contributed by atoms with van der Waals surface area (Å²) >= 11 is 0. The van der Waals surface area contributed by atoms with Crippen LogP contribution in [0, 0.1) is 0 Å². The molecule has 5 heteroatoms. The minimum Gasteiger partial charge on any atom is -0.358 e. The van der Waals surface area contributed by atoms with Gasteiger partial charge in [0.25, 0.3) is 0 Å². The number of nitrogens with one attached hydrogen (secondary N) is 1. The van der Waals surface area contributed by atoms with Crippen molar-refractivity contribution in [1.29, 1.82) is 0 Å². The van der Waals surface area contributed by atoms with Gasteiger partial charge in [0, 0.05) is 20.1 Å². The molecule has 1 aromatic rings. The van der Waals surface area contributed by atoms with Crippen LogP contribution in [-0.2, 0) is 0 Å². The highest BCUT2D eigenvalue weighted by Crippen LogP contribution is 2.02. The van der Waals surface area contributed by atoms with E-state index in [0.29, 0.717) is 18.9 Å². The molecule has 5 nitrogen and oxygen atoms in total. The van der Waals surface area contributed by atoms with E-state index in [4.69, 9.17) is 5.73 Å². The van der Waals surface area contributed by atoms with Gasteiger partial charge in [0.05, 0.1) is 6.07 Å². The van der Waals surface area contributed by atoms with E-state index < -0.39 is 0 Å². The molecule has 0 aromatic carbocycles. The number of anilines is 1. The van der Waals surface area contributed by atoms with Crippen LogP contribution in [0.3, 0.4) is 0 Å². The number of aromatic amines is 1. The van der Waals surface area contributed by atoms with E-state index in [1.807, 2.05) is 11.9 Å². The number of nitrogens with two attached hydrogens (primary N) is 1. The van der Waals surface area contributed by atoms with Crippen LogP contribution in [0.2, 0.25) is 0 Å². The third-order valence-corrected chi connectivity index (χ3v) is 1.39. The third-order valence-electron chi connectivity index (χ3n) is 1.39. The van der Waals surface area contributed by atoms with Crippen LogP contribution in [0.1, 0.15) is 0 Å². The smallest absolute Gasteiger partial charge is 0.358 e. The average Bonchev–Trinajstić information content (AvgIpc) is 2.36. The summed E-state index contributed by atoms with van der Waals surface area (Å²) < 4.78 is 4.47. The molecule has 1 aromatic heterocycles. The average molecular weight is 157 g/mol. The summed E-state index contributed by atoms with van der Waals surface area (Å²) in [5.41, 5.74) is 4.94. The molecule has 1 heterocycles. The minimum atomic E-state index is -0.371. The highest BCUT2D eigenvalue weighted by Gasteiger charge is 2.01. The zero-order chi connectivity index (χ0) is 8.27. The zero-order valence-corrected chi connectivity index (χ0v) is 6.33. The highest BCUT2D eigenvalue weighted by molar-refractivity contribution is 5.33. The van der Waals surface area contributed by atoms with Crippen LogP contribution in [0.4, 0.5) is 5.82 Å². The molecule has 0 saturated carbocycles. The van der Waals surface area contributed by atoms with Gasteiger partial charge in [-0.05, 0) is 0 Å². The SMILES string of the molecule is CN(CCN)c1cc(=O)o[nH]1. The Morgan fingerprint density at radius 1 is 1.82 bits per heavy atom. The fourth-order valence-electron chi connectivity index (χ4n) is 0.775. The highest BCUT2D eigenvalue weighted by atomic mass is 16.5. The lowest BCUT2D eigenvalue weighted by atomic mass is 10.5. The van der Waals surface area contributed by atoms with Gasteiger partial charge in [-0.2, -0.15) is 0 Å². The molecule has 0 radical (unpaired) electrons. The largest absolute Gasteiger partial charge is 0.359 e. The van der Waals surface area contributed by atoms with Crippen molar-refractivity contribution < 1.29 is 4.52 Å². The van der Waals surface area contributed by atoms with Crippen molar-refractivity contribution in [3.05, 3.63) is 16.5 Å². The zero-order valence-electron chi connectivity index (χ0n) is 6.33. The molecular weight excluding hydrogens is 146 g/mol. The van der Waals surface area contributed by atoms with E-state index in [1.54, 1.807) is 0 Å². The summed E-state index contributed by atoms with van der Waals surface area (Å²) in [6, 6.07) is 1.38. The van der Waals surface area contributed by atoms with Gasteiger partial charge < -0.3 is 15.2 Å². The molecule has 0 saturated heterocycles. The second-order valence-corrected chi connectivity index (χ2v) is 2.26. The maximum absolute atomic E-state index is 10.5. The minimum absolute atomic E-state index is 0.371. The summed E-state index contributed by atoms with van der Waals surface area (Å²) in [5, 5.41) is 2.47. The van der Waals surface area contributed by atoms with E-state index in [0.717, 1.165) is 0 Å². The van der Waals surface area contributed by atoms with Crippen molar-refractivity contribution in [1.82, 2.24) is 5.16 Å². The molecule has 0 amide bonds. The Morgan fingerprint density at radius 2 is 2.55 bits per heavy atom. The number of aromatic nitrogens is 1. The number of hydrogen-bond acceptors (Lipinski definition) is 4. The van der Waals surface area contributed by atoms with Crippen LogP contribution in [0.15, 0.2) is 15.4 Å². The number of H-pyrrole nitrogens is 1. The number of likely N-dealkylation sites (N-methyl/N-ethyl adjacent to an activating group) is 1. The van der Waals surface area contributed by atoms with Crippen LogP contribution in [-0.4, -0.2) is 25.3 Å². The van der Waals surface area contributed by atoms with Gasteiger partial charge in [0.15, 0.2) is 0 Å². The Hall–Kier alpha value is -1.23. The molecule has 11 heavy (non-hydrogen) atoms. The summed E-state index contributed by atoms with van der Waals surface area (Å²) in [4.78, 5) is 12.4. The van der Waals surface area contributed by atoms with E-state index in [-0.39, 0.29) is 5.63 Å². The quantitative estimate of drug-likeness (QED) is 0.612. The van der Waals surface area contributed by atoms with Crippen molar-refractivity contribution in [2.45, 2.75) is 0 Å². The normalized spacial score (nSPS) is 10.0. The summed E-state index contributed by atoms with van der Waals surface area (Å²) in [6.07, 6.45) is 0. The fourth-order valence-corrected chi connectivity index (χ4v) is 0.775. The third kappa shape index (κ3) is 1.84. The Kier molecular flexibility index (Phi) is 2.32. The monoisotopic (exact) mass is 157 g/mol. The molecule has 0 bridgehead atoms. The second-order valence-electron chi connectivity index (χ2n) is 2.26. The van der Waals surface area contributed by atoms with Crippen molar-refractivity contribution in [2.75, 3.05) is 25.0 Å². The predicted molar refractivity (Wildman–Crippen MR) is 41.7 cm³/mol. The Morgan fingerprint density at radius 3 is 3.00 bits per heavy atom. The van der Waals surface area contributed by atoms with Crippen molar-refractivity contribution >= 4 is 5.82 Å². The topological polar surface area (TPSA) is 75.3 Å². The Balaban J connectivity index is 2.68. The van der Waals surface area contributed by atoms with Gasteiger partial charge in [-0.25, -0.2) is 9.95 Å². The predicted octanol–water partition coefficient (Wildman–Crippen LogP) is -0.637. The van der Waals surface area contributed by atoms with Crippen molar-refractivity contribution in [3.63, 3.8) is 0 Å². The molecule has 0 atom stereocenters. The van der Waals surface area contributed by atoms with Gasteiger partial charge >= 0.3 is 5.63 Å². The molecule has 62 valence electrons. The van der Waals surface area contributed by atoms with E-state index in [2.05, 4.69) is 9.68 Å². The summed E-state index contributed by atoms with van der Waals surface area (Å²) in [7, 11) is 1.83. The van der Waals surface area contributed by atoms with Gasteiger partial charge in [-0.15, -0.1) is 0 Å². The van der Waals surface area contributed by atoms with Gasteiger partial charge in [-0.3, -0.25) is 0 Å². The van der Waals surface area contributed by atoms with Crippen molar-refractivity contribution in [2.24, 2.45) is 5.73 Å². The molecule has 3 N–H and O–H groups in total. The fraction of sp³-hybridized carbons (Fsp3) is 0.500. The molecule has 0 aliphatic carbocycles. The molecule has 0 aliphatic heterocycles. The first-order chi connectivity index (χ1) is 5.24. The van der Waals surface area contributed by atoms with Gasteiger partial charge in [0.2, 0.25) is 0 Å². The first-order valence-corrected chi connectivity index (χ1v) is 3.34. The van der Waals surface area contributed by atoms with Crippen LogP contribution < -0.4 is 16.3 Å². The number of hydrogen-bond donors (Lipinski definition) is 2. The Labute approximate surface area is 63.8 Å². The van der Waals surface area contributed by atoms with E-state index in [1.165, 1.54) is 6.07 Å². The maximum atomic E-state index is 10.5. The first kappa shape index (κ1) is 7.87. The summed E-state index contributed by atoms with van der Waals surface area (Å²) in [6.45, 7) is 1.24. The maximum Gasteiger partial charge on any atom is 0.359 e. The molecule has 0 spiro atoms. The molecule has 0 aliphatic rings. The summed E-state index contributed by atoms with van der Waals surface area (Å²) in [5.74, 6) is 0.653. The standard InChI is InChI=1S/C6H11N3O2/c1-9(3-2-7)5-4-6(10)11-8-5/h4,8H,2-3,7H2,1H3. The second kappa shape index (κ2) is 3.25. The van der Waals surface area contributed by atoms with Crippen molar-refractivity contribution in [3.8, 4) is 0 Å². The van der Waals surface area contributed by atoms with E-state index >= 15 is 0 Å².